The number of nitrogens with zero attached hydrogens (tertiary/aromatic N) is 1. The minimum atomic E-state index is -0.317. The molecule has 3 nitrogen and oxygen atoms in total. The Morgan fingerprint density at radius 2 is 2.09 bits per heavy atom. The third-order valence-corrected chi connectivity index (χ3v) is 5.74. The van der Waals surface area contributed by atoms with E-state index < -0.39 is 0 Å². The van der Waals surface area contributed by atoms with E-state index >= 15 is 0 Å². The number of rotatable bonds is 4. The number of benzene rings is 1. The molecule has 0 saturated carbocycles. The number of hydrogen-bond acceptors (Lipinski definition) is 4. The van der Waals surface area contributed by atoms with Crippen molar-refractivity contribution in [2.24, 2.45) is 0 Å². The number of fused-ring (bicyclic) bond motifs is 1. The highest BCUT2D eigenvalue weighted by atomic mass is 32.1. The van der Waals surface area contributed by atoms with Crippen LogP contribution in [0, 0.1) is 0 Å². The van der Waals surface area contributed by atoms with E-state index in [9.17, 15) is 5.11 Å². The lowest BCUT2D eigenvalue weighted by atomic mass is 9.92. The van der Waals surface area contributed by atoms with Gasteiger partial charge in [-0.1, -0.05) is 45.0 Å². The van der Waals surface area contributed by atoms with Gasteiger partial charge in [0, 0.05) is 17.3 Å². The van der Waals surface area contributed by atoms with Gasteiger partial charge in [0.1, 0.15) is 0 Å². The van der Waals surface area contributed by atoms with Gasteiger partial charge in [-0.15, -0.1) is 11.3 Å². The Hall–Kier alpha value is -1.23. The normalized spacial score (nSPS) is 21.1. The average Bonchev–Trinajstić information content (AvgIpc) is 3.10. The van der Waals surface area contributed by atoms with Gasteiger partial charge in [0.2, 0.25) is 0 Å². The Balaban J connectivity index is 1.77. The Kier molecular flexibility index (Phi) is 4.10. The van der Waals surface area contributed by atoms with E-state index in [1.54, 1.807) is 11.3 Å². The Labute approximate surface area is 136 Å². The van der Waals surface area contributed by atoms with Gasteiger partial charge in [-0.05, 0) is 24.0 Å². The molecule has 0 spiro atoms. The Morgan fingerprint density at radius 3 is 2.77 bits per heavy atom. The van der Waals surface area contributed by atoms with Crippen molar-refractivity contribution in [3.63, 3.8) is 0 Å². The van der Waals surface area contributed by atoms with Crippen LogP contribution in [0.15, 0.2) is 29.6 Å². The summed E-state index contributed by atoms with van der Waals surface area (Å²) >= 11 is 1.72. The Morgan fingerprint density at radius 1 is 1.32 bits per heavy atom. The van der Waals surface area contributed by atoms with E-state index in [2.05, 4.69) is 55.7 Å². The maximum absolute atomic E-state index is 10.00. The van der Waals surface area contributed by atoms with Gasteiger partial charge in [-0.25, -0.2) is 4.98 Å². The largest absolute Gasteiger partial charge is 0.394 e. The topological polar surface area (TPSA) is 45.2 Å². The fraction of sp³-hybridized carbons (Fsp3) is 0.500. The van der Waals surface area contributed by atoms with E-state index in [0.717, 1.165) is 23.5 Å². The van der Waals surface area contributed by atoms with Gasteiger partial charge >= 0.3 is 0 Å². The van der Waals surface area contributed by atoms with Crippen molar-refractivity contribution in [2.45, 2.75) is 51.1 Å². The van der Waals surface area contributed by atoms with Crippen molar-refractivity contribution in [1.82, 2.24) is 10.3 Å². The highest BCUT2D eigenvalue weighted by molar-refractivity contribution is 7.09. The zero-order valence-corrected chi connectivity index (χ0v) is 14.3. The highest BCUT2D eigenvalue weighted by Crippen LogP contribution is 2.36. The standard InChI is InChI=1S/C18H24N2OS/c1-17(2,3)16-20-14(11-22-16)10-19-18(12-21)9-8-13-6-4-5-7-15(13)18/h4-7,11,19,21H,8-10,12H2,1-3H3. The van der Waals surface area contributed by atoms with Crippen molar-refractivity contribution in [3.05, 3.63) is 51.5 Å². The molecule has 2 N–H and O–H groups in total. The molecule has 1 heterocycles. The molecular weight excluding hydrogens is 292 g/mol. The molecule has 1 unspecified atom stereocenters. The molecule has 0 amide bonds. The van der Waals surface area contributed by atoms with E-state index in [-0.39, 0.29) is 17.6 Å². The van der Waals surface area contributed by atoms with Crippen LogP contribution in [0.4, 0.5) is 0 Å². The van der Waals surface area contributed by atoms with Crippen LogP contribution in [-0.2, 0) is 23.9 Å². The van der Waals surface area contributed by atoms with Crippen LogP contribution in [0.5, 0.6) is 0 Å². The first-order chi connectivity index (χ1) is 10.4. The van der Waals surface area contributed by atoms with Crippen LogP contribution in [0.1, 0.15) is 49.0 Å². The van der Waals surface area contributed by atoms with Gasteiger partial charge in [0.15, 0.2) is 0 Å². The molecule has 0 radical (unpaired) electrons. The lowest BCUT2D eigenvalue weighted by molar-refractivity contribution is 0.158. The zero-order valence-electron chi connectivity index (χ0n) is 13.5. The molecule has 2 aromatic rings. The molecule has 22 heavy (non-hydrogen) atoms. The summed E-state index contributed by atoms with van der Waals surface area (Å²) in [6, 6.07) is 8.42. The minimum absolute atomic E-state index is 0.0948. The molecule has 0 saturated heterocycles. The molecule has 1 aliphatic carbocycles. The molecule has 118 valence electrons. The first kappa shape index (κ1) is 15.7. The van der Waals surface area contributed by atoms with E-state index in [4.69, 9.17) is 4.98 Å². The summed E-state index contributed by atoms with van der Waals surface area (Å²) in [7, 11) is 0. The second-order valence-electron chi connectivity index (χ2n) is 7.14. The van der Waals surface area contributed by atoms with Gasteiger partial charge in [-0.3, -0.25) is 5.32 Å². The third kappa shape index (κ3) is 2.83. The average molecular weight is 316 g/mol. The number of aliphatic hydroxyl groups excluding tert-OH is 1. The fourth-order valence-electron chi connectivity index (χ4n) is 3.08. The molecule has 4 heteroatoms. The summed E-state index contributed by atoms with van der Waals surface area (Å²) in [5.74, 6) is 0. The van der Waals surface area contributed by atoms with E-state index in [1.807, 2.05) is 0 Å². The van der Waals surface area contributed by atoms with Crippen molar-refractivity contribution >= 4 is 11.3 Å². The molecule has 3 rings (SSSR count). The maximum atomic E-state index is 10.00. The second kappa shape index (κ2) is 5.76. The third-order valence-electron chi connectivity index (χ3n) is 4.43. The molecule has 0 fully saturated rings. The van der Waals surface area contributed by atoms with Gasteiger partial charge in [0.05, 0.1) is 22.8 Å². The van der Waals surface area contributed by atoms with Crippen LogP contribution in [0.3, 0.4) is 0 Å². The van der Waals surface area contributed by atoms with Crippen molar-refractivity contribution in [3.8, 4) is 0 Å². The lowest BCUT2D eigenvalue weighted by Crippen LogP contribution is -2.43. The molecule has 1 atom stereocenters. The van der Waals surface area contributed by atoms with Gasteiger partial charge < -0.3 is 5.11 Å². The van der Waals surface area contributed by atoms with Crippen LogP contribution >= 0.6 is 11.3 Å². The minimum Gasteiger partial charge on any atom is -0.394 e. The summed E-state index contributed by atoms with van der Waals surface area (Å²) in [6.45, 7) is 7.38. The fourth-order valence-corrected chi connectivity index (χ4v) is 3.99. The summed E-state index contributed by atoms with van der Waals surface area (Å²) in [6.07, 6.45) is 1.97. The number of nitrogens with one attached hydrogen (secondary N) is 1. The predicted octanol–water partition coefficient (Wildman–Crippen LogP) is 3.36. The van der Waals surface area contributed by atoms with E-state index in [1.165, 1.54) is 11.1 Å². The smallest absolute Gasteiger partial charge is 0.0982 e. The first-order valence-electron chi connectivity index (χ1n) is 7.84. The van der Waals surface area contributed by atoms with Crippen molar-refractivity contribution in [1.29, 1.82) is 0 Å². The molecular formula is C18H24N2OS. The molecule has 1 aromatic carbocycles. The molecule has 1 aromatic heterocycles. The summed E-state index contributed by atoms with van der Waals surface area (Å²) in [5, 5.41) is 16.9. The summed E-state index contributed by atoms with van der Waals surface area (Å²) < 4.78 is 0. The predicted molar refractivity (Wildman–Crippen MR) is 91.2 cm³/mol. The van der Waals surface area contributed by atoms with E-state index in [0.29, 0.717) is 6.54 Å². The van der Waals surface area contributed by atoms with Crippen LogP contribution in [0.25, 0.3) is 0 Å². The number of hydrogen-bond donors (Lipinski definition) is 2. The lowest BCUT2D eigenvalue weighted by Gasteiger charge is -2.29. The summed E-state index contributed by atoms with van der Waals surface area (Å²) in [4.78, 5) is 4.74. The van der Waals surface area contributed by atoms with Crippen LogP contribution < -0.4 is 5.32 Å². The van der Waals surface area contributed by atoms with Crippen molar-refractivity contribution in [2.75, 3.05) is 6.61 Å². The zero-order chi connectivity index (χ0) is 15.8. The monoisotopic (exact) mass is 316 g/mol. The van der Waals surface area contributed by atoms with Gasteiger partial charge in [0.25, 0.3) is 0 Å². The van der Waals surface area contributed by atoms with Crippen molar-refractivity contribution < 1.29 is 5.11 Å². The second-order valence-corrected chi connectivity index (χ2v) is 8.00. The Bertz CT molecular complexity index is 659. The number of aliphatic hydroxyl groups is 1. The number of aryl methyl sites for hydroxylation is 1. The SMILES string of the molecule is CC(C)(C)c1nc(CNC2(CO)CCc3ccccc32)cs1. The van der Waals surface area contributed by atoms with Crippen LogP contribution in [-0.4, -0.2) is 16.7 Å². The maximum Gasteiger partial charge on any atom is 0.0982 e. The van der Waals surface area contributed by atoms with Gasteiger partial charge in [-0.2, -0.15) is 0 Å². The molecule has 1 aliphatic rings. The molecule has 0 bridgehead atoms. The van der Waals surface area contributed by atoms with Crippen LogP contribution in [0.2, 0.25) is 0 Å². The molecule has 0 aliphatic heterocycles. The summed E-state index contributed by atoms with van der Waals surface area (Å²) in [5.41, 5.74) is 3.42. The quantitative estimate of drug-likeness (QED) is 0.909. The number of aromatic nitrogens is 1. The first-order valence-corrected chi connectivity index (χ1v) is 8.72. The number of thiazole rings is 1. The highest BCUT2D eigenvalue weighted by Gasteiger charge is 2.37.